The number of ether oxygens (including phenoxy) is 1. The maximum absolute atomic E-state index is 5.09. The van der Waals surface area contributed by atoms with E-state index in [2.05, 4.69) is 18.0 Å². The summed E-state index contributed by atoms with van der Waals surface area (Å²) < 4.78 is 5.09. The first-order chi connectivity index (χ1) is 5.38. The van der Waals surface area contributed by atoms with Gasteiger partial charge in [-0.2, -0.15) is 0 Å². The van der Waals surface area contributed by atoms with E-state index in [0.717, 1.165) is 5.69 Å². The highest BCUT2D eigenvalue weighted by Crippen LogP contribution is 2.25. The highest BCUT2D eigenvalue weighted by atomic mass is 16.5. The van der Waals surface area contributed by atoms with Gasteiger partial charge >= 0.3 is 0 Å². The Morgan fingerprint density at radius 1 is 1.45 bits per heavy atom. The molecule has 0 N–H and O–H groups in total. The molecule has 0 radical (unpaired) electrons. The molecule has 0 saturated heterocycles. The Bertz CT molecular complexity index is 304. The van der Waals surface area contributed by atoms with Gasteiger partial charge in [-0.15, -0.1) is 0 Å². The van der Waals surface area contributed by atoms with Gasteiger partial charge in [0.1, 0.15) is 6.61 Å². The highest BCUT2D eigenvalue weighted by Gasteiger charge is 2.06. The molecule has 0 fully saturated rings. The van der Waals surface area contributed by atoms with Crippen LogP contribution in [-0.4, -0.2) is 6.40 Å². The van der Waals surface area contributed by atoms with Crippen LogP contribution in [0.2, 0.25) is 0 Å². The van der Waals surface area contributed by atoms with Crippen LogP contribution >= 0.6 is 0 Å². The fraction of sp³-hybridized carbons (Fsp3) is 0.222. The van der Waals surface area contributed by atoms with Crippen molar-refractivity contribution in [1.29, 1.82) is 0 Å². The summed E-state index contributed by atoms with van der Waals surface area (Å²) >= 11 is 0. The summed E-state index contributed by atoms with van der Waals surface area (Å²) in [6, 6.07) is 6.08. The number of nitrogens with zero attached hydrogens (tertiary/aromatic N) is 1. The summed E-state index contributed by atoms with van der Waals surface area (Å²) in [5, 5.41) is 0. The number of rotatable bonds is 0. The molecule has 1 aliphatic rings. The standard InChI is InChI=1S/C9H9NO/c1-7-3-2-4-9-8(7)5-11-6-10-9/h2-4,6H,5H2,1H3. The van der Waals surface area contributed by atoms with Crippen molar-refractivity contribution >= 4 is 12.1 Å². The summed E-state index contributed by atoms with van der Waals surface area (Å²) in [7, 11) is 0. The first-order valence-electron chi connectivity index (χ1n) is 3.60. The van der Waals surface area contributed by atoms with E-state index in [1.165, 1.54) is 17.5 Å². The third kappa shape index (κ3) is 1.00. The van der Waals surface area contributed by atoms with Crippen molar-refractivity contribution in [1.82, 2.24) is 0 Å². The van der Waals surface area contributed by atoms with Crippen molar-refractivity contribution in [2.45, 2.75) is 13.5 Å². The molecule has 0 saturated carbocycles. The SMILES string of the molecule is Cc1cccc2c1COC=N2. The number of hydrogen-bond donors (Lipinski definition) is 0. The quantitative estimate of drug-likeness (QED) is 0.551. The first kappa shape index (κ1) is 6.40. The average Bonchev–Trinajstić information content (AvgIpc) is 2.06. The van der Waals surface area contributed by atoms with E-state index in [-0.39, 0.29) is 0 Å². The summed E-state index contributed by atoms with van der Waals surface area (Å²) in [5.74, 6) is 0. The number of aliphatic imine (C=N–C) groups is 1. The fourth-order valence-electron chi connectivity index (χ4n) is 1.21. The number of hydrogen-bond acceptors (Lipinski definition) is 2. The molecule has 2 heteroatoms. The zero-order valence-corrected chi connectivity index (χ0v) is 6.37. The minimum atomic E-state index is 0.658. The van der Waals surface area contributed by atoms with Gasteiger partial charge < -0.3 is 4.74 Å². The van der Waals surface area contributed by atoms with Crippen LogP contribution in [0.5, 0.6) is 0 Å². The summed E-state index contributed by atoms with van der Waals surface area (Å²) in [6.45, 7) is 2.73. The Labute approximate surface area is 65.5 Å². The lowest BCUT2D eigenvalue weighted by molar-refractivity contribution is 0.302. The molecular weight excluding hydrogens is 138 g/mol. The van der Waals surface area contributed by atoms with Gasteiger partial charge in [0.05, 0.1) is 5.69 Å². The summed E-state index contributed by atoms with van der Waals surface area (Å²) in [5.41, 5.74) is 3.49. The van der Waals surface area contributed by atoms with Gasteiger partial charge in [-0.25, -0.2) is 4.99 Å². The van der Waals surface area contributed by atoms with E-state index in [0.29, 0.717) is 6.61 Å². The molecule has 0 bridgehead atoms. The number of fused-ring (bicyclic) bond motifs is 1. The second-order valence-corrected chi connectivity index (χ2v) is 2.62. The minimum Gasteiger partial charge on any atom is -0.478 e. The Kier molecular flexibility index (Phi) is 1.39. The van der Waals surface area contributed by atoms with Crippen LogP contribution in [0.15, 0.2) is 23.2 Å². The van der Waals surface area contributed by atoms with Gasteiger partial charge in [-0.3, -0.25) is 0 Å². The van der Waals surface area contributed by atoms with Crippen molar-refractivity contribution in [3.63, 3.8) is 0 Å². The largest absolute Gasteiger partial charge is 0.478 e. The molecule has 0 spiro atoms. The fourth-order valence-corrected chi connectivity index (χ4v) is 1.21. The smallest absolute Gasteiger partial charge is 0.175 e. The molecule has 0 unspecified atom stereocenters. The Balaban J connectivity index is 2.60. The van der Waals surface area contributed by atoms with E-state index in [4.69, 9.17) is 4.74 Å². The van der Waals surface area contributed by atoms with E-state index in [1.807, 2.05) is 12.1 Å². The molecule has 1 aliphatic heterocycles. The van der Waals surface area contributed by atoms with Crippen molar-refractivity contribution in [2.24, 2.45) is 4.99 Å². The molecule has 1 aromatic rings. The Hall–Kier alpha value is -1.31. The Morgan fingerprint density at radius 2 is 2.36 bits per heavy atom. The lowest BCUT2D eigenvalue weighted by Gasteiger charge is -2.12. The van der Waals surface area contributed by atoms with Crippen LogP contribution in [0.3, 0.4) is 0 Å². The predicted molar refractivity (Wildman–Crippen MR) is 44.1 cm³/mol. The molecule has 2 nitrogen and oxygen atoms in total. The van der Waals surface area contributed by atoms with Crippen molar-refractivity contribution < 1.29 is 4.74 Å². The zero-order valence-electron chi connectivity index (χ0n) is 6.37. The molecule has 0 amide bonds. The van der Waals surface area contributed by atoms with E-state index < -0.39 is 0 Å². The van der Waals surface area contributed by atoms with Gasteiger partial charge in [0, 0.05) is 5.56 Å². The molecule has 56 valence electrons. The highest BCUT2D eigenvalue weighted by molar-refractivity contribution is 5.62. The van der Waals surface area contributed by atoms with Crippen LogP contribution in [0, 0.1) is 6.92 Å². The van der Waals surface area contributed by atoms with E-state index in [9.17, 15) is 0 Å². The molecule has 0 aliphatic carbocycles. The normalized spacial score (nSPS) is 13.9. The van der Waals surface area contributed by atoms with Gasteiger partial charge in [-0.1, -0.05) is 12.1 Å². The first-order valence-corrected chi connectivity index (χ1v) is 3.60. The molecule has 0 aromatic heterocycles. The van der Waals surface area contributed by atoms with Gasteiger partial charge in [0.25, 0.3) is 0 Å². The monoisotopic (exact) mass is 147 g/mol. The Morgan fingerprint density at radius 3 is 3.18 bits per heavy atom. The van der Waals surface area contributed by atoms with Crippen LogP contribution in [0.25, 0.3) is 0 Å². The second kappa shape index (κ2) is 2.38. The third-order valence-electron chi connectivity index (χ3n) is 1.88. The third-order valence-corrected chi connectivity index (χ3v) is 1.88. The molecule has 11 heavy (non-hydrogen) atoms. The number of benzene rings is 1. The molecule has 0 atom stereocenters. The second-order valence-electron chi connectivity index (χ2n) is 2.62. The molecule has 2 rings (SSSR count). The zero-order chi connectivity index (χ0) is 7.68. The maximum Gasteiger partial charge on any atom is 0.175 e. The van der Waals surface area contributed by atoms with Crippen molar-refractivity contribution in [2.75, 3.05) is 0 Å². The molecular formula is C9H9NO. The van der Waals surface area contributed by atoms with Gasteiger partial charge in [0.15, 0.2) is 6.40 Å². The van der Waals surface area contributed by atoms with Crippen molar-refractivity contribution in [3.05, 3.63) is 29.3 Å². The van der Waals surface area contributed by atoms with Gasteiger partial charge in [0.2, 0.25) is 0 Å². The topological polar surface area (TPSA) is 21.6 Å². The van der Waals surface area contributed by atoms with E-state index >= 15 is 0 Å². The van der Waals surface area contributed by atoms with Gasteiger partial charge in [-0.05, 0) is 18.6 Å². The lowest BCUT2D eigenvalue weighted by atomic mass is 10.1. The maximum atomic E-state index is 5.09. The summed E-state index contributed by atoms with van der Waals surface area (Å²) in [6.07, 6.45) is 1.50. The molecule has 1 heterocycles. The van der Waals surface area contributed by atoms with Crippen LogP contribution < -0.4 is 0 Å². The lowest BCUT2D eigenvalue weighted by Crippen LogP contribution is -1.98. The van der Waals surface area contributed by atoms with Crippen molar-refractivity contribution in [3.8, 4) is 0 Å². The average molecular weight is 147 g/mol. The minimum absolute atomic E-state index is 0.658. The van der Waals surface area contributed by atoms with Crippen LogP contribution in [0.4, 0.5) is 5.69 Å². The summed E-state index contributed by atoms with van der Waals surface area (Å²) in [4.78, 5) is 4.11. The van der Waals surface area contributed by atoms with Crippen LogP contribution in [0.1, 0.15) is 11.1 Å². The number of aryl methyl sites for hydroxylation is 1. The van der Waals surface area contributed by atoms with E-state index in [1.54, 1.807) is 0 Å². The predicted octanol–water partition coefficient (Wildman–Crippen LogP) is 2.19. The molecule has 1 aromatic carbocycles. The van der Waals surface area contributed by atoms with Crippen LogP contribution in [-0.2, 0) is 11.3 Å².